The molecule has 0 unspecified atom stereocenters. The van der Waals surface area contributed by atoms with Gasteiger partial charge in [0.1, 0.15) is 17.9 Å². The molecule has 5 heteroatoms. The normalized spacial score (nSPS) is 19.7. The van der Waals surface area contributed by atoms with Gasteiger partial charge in [-0.25, -0.2) is 9.97 Å². The third-order valence-corrected chi connectivity index (χ3v) is 7.47. The molecule has 0 saturated carbocycles. The van der Waals surface area contributed by atoms with Crippen LogP contribution in [0.15, 0.2) is 40.8 Å². The minimum atomic E-state index is 0.128. The molecule has 0 amide bonds. The van der Waals surface area contributed by atoms with Crippen LogP contribution in [-0.2, 0) is 6.42 Å². The van der Waals surface area contributed by atoms with E-state index in [4.69, 9.17) is 9.73 Å². The summed E-state index contributed by atoms with van der Waals surface area (Å²) in [4.78, 5) is 16.7. The molecule has 1 aromatic carbocycles. The molecule has 1 saturated heterocycles. The minimum absolute atomic E-state index is 0.128. The van der Waals surface area contributed by atoms with Gasteiger partial charge in [0.2, 0.25) is 0 Å². The second-order valence-corrected chi connectivity index (χ2v) is 9.76. The number of aryl methyl sites for hydroxylation is 1. The molecule has 32 heavy (non-hydrogen) atoms. The lowest BCUT2D eigenvalue weighted by Crippen LogP contribution is -2.43. The third kappa shape index (κ3) is 3.54. The zero-order chi connectivity index (χ0) is 22.5. The van der Waals surface area contributed by atoms with Crippen molar-refractivity contribution in [1.82, 2.24) is 9.97 Å². The van der Waals surface area contributed by atoms with Crippen molar-refractivity contribution in [1.29, 1.82) is 0 Å². The predicted octanol–water partition coefficient (Wildman–Crippen LogP) is 5.64. The third-order valence-electron chi connectivity index (χ3n) is 7.47. The molecule has 0 bridgehead atoms. The van der Waals surface area contributed by atoms with Crippen LogP contribution in [-0.4, -0.2) is 35.9 Å². The first kappa shape index (κ1) is 20.9. The van der Waals surface area contributed by atoms with Gasteiger partial charge in [-0.2, -0.15) is 0 Å². The van der Waals surface area contributed by atoms with Crippen LogP contribution in [0.4, 0.5) is 5.82 Å². The van der Waals surface area contributed by atoms with Crippen LogP contribution in [0.1, 0.15) is 62.4 Å². The number of aliphatic imine (C=N–C) groups is 1. The summed E-state index contributed by atoms with van der Waals surface area (Å²) in [5, 5.41) is 0. The lowest BCUT2D eigenvalue weighted by atomic mass is 9.74. The monoisotopic (exact) mass is 428 g/mol. The van der Waals surface area contributed by atoms with Crippen LogP contribution in [0, 0.1) is 12.3 Å². The topological polar surface area (TPSA) is 50.6 Å². The number of rotatable bonds is 4. The number of ether oxygens (including phenoxy) is 1. The molecule has 5 nitrogen and oxygen atoms in total. The highest BCUT2D eigenvalue weighted by Gasteiger charge is 2.38. The highest BCUT2D eigenvalue weighted by atomic mass is 16.5. The van der Waals surface area contributed by atoms with E-state index in [0.29, 0.717) is 0 Å². The highest BCUT2D eigenvalue weighted by Crippen LogP contribution is 2.43. The van der Waals surface area contributed by atoms with Crippen LogP contribution < -0.4 is 9.64 Å². The van der Waals surface area contributed by atoms with Crippen molar-refractivity contribution in [3.05, 3.63) is 58.2 Å². The summed E-state index contributed by atoms with van der Waals surface area (Å²) in [6.45, 7) is 10.8. The average molecular weight is 429 g/mol. The van der Waals surface area contributed by atoms with E-state index < -0.39 is 0 Å². The van der Waals surface area contributed by atoms with Crippen LogP contribution in [0.5, 0.6) is 5.75 Å². The first-order valence-corrected chi connectivity index (χ1v) is 11.6. The maximum atomic E-state index is 5.44. The van der Waals surface area contributed by atoms with Crippen molar-refractivity contribution in [3.8, 4) is 5.75 Å². The minimum Gasteiger partial charge on any atom is -0.496 e. The lowest BCUT2D eigenvalue weighted by Gasteiger charge is -2.40. The Bertz CT molecular complexity index is 1170. The van der Waals surface area contributed by atoms with E-state index in [9.17, 15) is 0 Å². The number of piperidine rings is 1. The molecular weight excluding hydrogens is 396 g/mol. The second-order valence-electron chi connectivity index (χ2n) is 9.76. The number of fused-ring (bicyclic) bond motifs is 1. The fraction of sp³-hybridized carbons (Fsp3) is 0.444. The average Bonchev–Trinajstić information content (AvgIpc) is 3.36. The molecule has 3 aliphatic rings. The van der Waals surface area contributed by atoms with E-state index in [2.05, 4.69) is 66.8 Å². The van der Waals surface area contributed by atoms with E-state index in [1.807, 2.05) is 0 Å². The maximum Gasteiger partial charge on any atom is 0.139 e. The number of methoxy groups -OCH3 is 1. The summed E-state index contributed by atoms with van der Waals surface area (Å²) in [6, 6.07) is 6.46. The Labute approximate surface area is 191 Å². The van der Waals surface area contributed by atoms with Gasteiger partial charge < -0.3 is 9.64 Å². The molecule has 166 valence electrons. The van der Waals surface area contributed by atoms with Crippen molar-refractivity contribution in [3.63, 3.8) is 0 Å². The van der Waals surface area contributed by atoms with Gasteiger partial charge in [-0.05, 0) is 62.4 Å². The van der Waals surface area contributed by atoms with Gasteiger partial charge in [0, 0.05) is 48.3 Å². The standard InChI is InChI=1S/C27H32N4O/c1-17-12-22-23(13-17)28-16-29-26(22)31-10-8-27(4,9-11-31)25-15-21(19(3)30-25)20-6-7-24(32-5)18(2)14-20/h6-7,12,14,16H,8-11,13,15H2,1-5H3. The van der Waals surface area contributed by atoms with Crippen LogP contribution in [0.25, 0.3) is 11.6 Å². The molecule has 0 spiro atoms. The van der Waals surface area contributed by atoms with E-state index >= 15 is 0 Å². The van der Waals surface area contributed by atoms with Gasteiger partial charge in [-0.15, -0.1) is 0 Å². The molecule has 5 rings (SSSR count). The van der Waals surface area contributed by atoms with E-state index in [1.165, 1.54) is 39.2 Å². The van der Waals surface area contributed by atoms with Crippen molar-refractivity contribution < 1.29 is 4.74 Å². The first-order chi connectivity index (χ1) is 15.4. The maximum absolute atomic E-state index is 5.44. The Morgan fingerprint density at radius 3 is 2.53 bits per heavy atom. The van der Waals surface area contributed by atoms with Gasteiger partial charge in [-0.1, -0.05) is 24.6 Å². The molecule has 2 aliphatic heterocycles. The quantitative estimate of drug-likeness (QED) is 0.633. The van der Waals surface area contributed by atoms with Crippen LogP contribution >= 0.6 is 0 Å². The van der Waals surface area contributed by atoms with Gasteiger partial charge in [0.25, 0.3) is 0 Å². The summed E-state index contributed by atoms with van der Waals surface area (Å²) in [5.41, 5.74) is 10.2. The van der Waals surface area contributed by atoms with Crippen molar-refractivity contribution >= 4 is 23.2 Å². The molecule has 0 N–H and O–H groups in total. The number of hydrogen-bond acceptors (Lipinski definition) is 5. The highest BCUT2D eigenvalue weighted by molar-refractivity contribution is 6.03. The van der Waals surface area contributed by atoms with E-state index in [-0.39, 0.29) is 5.41 Å². The van der Waals surface area contributed by atoms with Crippen molar-refractivity contribution in [2.24, 2.45) is 10.4 Å². The Balaban J connectivity index is 1.30. The van der Waals surface area contributed by atoms with Gasteiger partial charge in [0.05, 0.1) is 12.8 Å². The number of aromatic nitrogens is 2. The van der Waals surface area contributed by atoms with E-state index in [1.54, 1.807) is 13.4 Å². The number of allylic oxidation sites excluding steroid dienone is 3. The Morgan fingerprint density at radius 1 is 1.03 bits per heavy atom. The number of benzene rings is 1. The zero-order valence-electron chi connectivity index (χ0n) is 19.8. The number of nitrogens with zero attached hydrogens (tertiary/aromatic N) is 4. The zero-order valence-corrected chi connectivity index (χ0v) is 19.8. The fourth-order valence-corrected chi connectivity index (χ4v) is 5.35. The second kappa shape index (κ2) is 7.88. The van der Waals surface area contributed by atoms with Crippen molar-refractivity contribution in [2.75, 3.05) is 25.1 Å². The summed E-state index contributed by atoms with van der Waals surface area (Å²) >= 11 is 0. The molecule has 1 aliphatic carbocycles. The van der Waals surface area contributed by atoms with Crippen molar-refractivity contribution in [2.45, 2.75) is 53.4 Å². The predicted molar refractivity (Wildman–Crippen MR) is 131 cm³/mol. The molecule has 0 radical (unpaired) electrons. The summed E-state index contributed by atoms with van der Waals surface area (Å²) in [5.74, 6) is 2.04. The number of hydrogen-bond donors (Lipinski definition) is 0. The summed E-state index contributed by atoms with van der Waals surface area (Å²) in [6.07, 6.45) is 8.07. The van der Waals surface area contributed by atoms with Gasteiger partial charge in [0.15, 0.2) is 0 Å². The molecule has 1 fully saturated rings. The Kier molecular flexibility index (Phi) is 5.15. The Morgan fingerprint density at radius 2 is 1.81 bits per heavy atom. The summed E-state index contributed by atoms with van der Waals surface area (Å²) in [7, 11) is 1.73. The van der Waals surface area contributed by atoms with Crippen LogP contribution in [0.2, 0.25) is 0 Å². The number of anilines is 1. The molecule has 0 atom stereocenters. The molecular formula is C27H32N4O. The van der Waals surface area contributed by atoms with Gasteiger partial charge in [-0.3, -0.25) is 4.99 Å². The molecule has 2 aromatic rings. The first-order valence-electron chi connectivity index (χ1n) is 11.6. The molecule has 3 heterocycles. The summed E-state index contributed by atoms with van der Waals surface area (Å²) < 4.78 is 5.44. The van der Waals surface area contributed by atoms with Gasteiger partial charge >= 0.3 is 0 Å². The molecule has 1 aromatic heterocycles. The van der Waals surface area contributed by atoms with E-state index in [0.717, 1.165) is 56.0 Å². The fourth-order valence-electron chi connectivity index (χ4n) is 5.35. The Hall–Kier alpha value is -2.95. The SMILES string of the molecule is COc1ccc(C2=C(C)N=C(C3(C)CCN(c4ncnc5c4C=C(C)C5)CC3)C2)cc1C. The van der Waals surface area contributed by atoms with Crippen LogP contribution in [0.3, 0.4) is 0 Å². The lowest BCUT2D eigenvalue weighted by molar-refractivity contribution is 0.351. The largest absolute Gasteiger partial charge is 0.496 e. The smallest absolute Gasteiger partial charge is 0.139 e.